The van der Waals surface area contributed by atoms with Crippen molar-refractivity contribution in [3.05, 3.63) is 17.6 Å². The summed E-state index contributed by atoms with van der Waals surface area (Å²) in [5.41, 5.74) is 0.925. The van der Waals surface area contributed by atoms with Crippen molar-refractivity contribution >= 4 is 5.91 Å². The van der Waals surface area contributed by atoms with Crippen molar-refractivity contribution in [1.29, 1.82) is 0 Å². The molecular weight excluding hydrogens is 254 g/mol. The van der Waals surface area contributed by atoms with E-state index in [4.69, 9.17) is 4.74 Å². The Morgan fingerprint density at radius 2 is 1.90 bits per heavy atom. The molecule has 1 amide bonds. The predicted molar refractivity (Wildman–Crippen MR) is 74.5 cm³/mol. The fourth-order valence-corrected chi connectivity index (χ4v) is 2.70. The first-order valence-electron chi connectivity index (χ1n) is 7.39. The van der Waals surface area contributed by atoms with Gasteiger partial charge in [0.15, 0.2) is 0 Å². The normalized spacial score (nSPS) is 20.0. The molecule has 0 radical (unpaired) electrons. The lowest BCUT2D eigenvalue weighted by Gasteiger charge is -2.32. The molecule has 2 fully saturated rings. The van der Waals surface area contributed by atoms with E-state index >= 15 is 0 Å². The van der Waals surface area contributed by atoms with Crippen molar-refractivity contribution in [2.24, 2.45) is 5.92 Å². The van der Waals surface area contributed by atoms with Crippen LogP contribution in [-0.2, 0) is 4.79 Å². The van der Waals surface area contributed by atoms with Gasteiger partial charge in [-0.2, -0.15) is 4.98 Å². The molecule has 1 aliphatic heterocycles. The smallest absolute Gasteiger partial charge is 0.225 e. The zero-order valence-corrected chi connectivity index (χ0v) is 12.1. The number of aryl methyl sites for hydroxylation is 2. The van der Waals surface area contributed by atoms with Crippen LogP contribution in [0.5, 0.6) is 5.88 Å². The molecule has 5 heteroatoms. The lowest BCUT2D eigenvalue weighted by atomic mass is 10.1. The molecule has 3 rings (SSSR count). The number of piperidine rings is 1. The van der Waals surface area contributed by atoms with Crippen LogP contribution in [0.3, 0.4) is 0 Å². The number of rotatable bonds is 3. The maximum Gasteiger partial charge on any atom is 0.225 e. The minimum Gasteiger partial charge on any atom is -0.474 e. The van der Waals surface area contributed by atoms with Crippen molar-refractivity contribution in [3.63, 3.8) is 0 Å². The van der Waals surface area contributed by atoms with E-state index in [1.165, 1.54) is 0 Å². The van der Waals surface area contributed by atoms with Gasteiger partial charge in [-0.3, -0.25) is 4.79 Å². The Morgan fingerprint density at radius 1 is 1.20 bits per heavy atom. The van der Waals surface area contributed by atoms with Crippen LogP contribution in [0.1, 0.15) is 37.2 Å². The third kappa shape index (κ3) is 3.08. The van der Waals surface area contributed by atoms with E-state index in [-0.39, 0.29) is 6.10 Å². The van der Waals surface area contributed by atoms with Crippen LogP contribution in [0.15, 0.2) is 6.07 Å². The van der Waals surface area contributed by atoms with E-state index in [0.717, 1.165) is 50.3 Å². The van der Waals surface area contributed by atoms with Crippen LogP contribution in [-0.4, -0.2) is 40.0 Å². The highest BCUT2D eigenvalue weighted by molar-refractivity contribution is 5.81. The fourth-order valence-electron chi connectivity index (χ4n) is 2.70. The Labute approximate surface area is 119 Å². The second-order valence-corrected chi connectivity index (χ2v) is 5.81. The predicted octanol–water partition coefficient (Wildman–Crippen LogP) is 1.87. The lowest BCUT2D eigenvalue weighted by Crippen LogP contribution is -2.42. The van der Waals surface area contributed by atoms with Gasteiger partial charge in [-0.25, -0.2) is 4.98 Å². The van der Waals surface area contributed by atoms with Gasteiger partial charge in [0.05, 0.1) is 0 Å². The van der Waals surface area contributed by atoms with Crippen LogP contribution in [0.2, 0.25) is 0 Å². The summed E-state index contributed by atoms with van der Waals surface area (Å²) in [4.78, 5) is 22.5. The van der Waals surface area contributed by atoms with Crippen molar-refractivity contribution < 1.29 is 9.53 Å². The number of aromatic nitrogens is 2. The molecule has 0 aromatic carbocycles. The van der Waals surface area contributed by atoms with E-state index < -0.39 is 0 Å². The molecule has 0 N–H and O–H groups in total. The zero-order chi connectivity index (χ0) is 14.1. The minimum absolute atomic E-state index is 0.159. The number of carbonyl (C=O) groups is 1. The highest BCUT2D eigenvalue weighted by atomic mass is 16.5. The summed E-state index contributed by atoms with van der Waals surface area (Å²) < 4.78 is 5.93. The third-order valence-electron chi connectivity index (χ3n) is 3.91. The molecule has 0 unspecified atom stereocenters. The van der Waals surface area contributed by atoms with Crippen molar-refractivity contribution in [1.82, 2.24) is 14.9 Å². The van der Waals surface area contributed by atoms with Crippen LogP contribution in [0, 0.1) is 19.8 Å². The number of hydrogen-bond acceptors (Lipinski definition) is 4. The van der Waals surface area contributed by atoms with Crippen LogP contribution in [0.25, 0.3) is 0 Å². The van der Waals surface area contributed by atoms with E-state index in [1.54, 1.807) is 0 Å². The Kier molecular flexibility index (Phi) is 3.59. The second-order valence-electron chi connectivity index (χ2n) is 5.81. The van der Waals surface area contributed by atoms with Gasteiger partial charge in [0.2, 0.25) is 11.8 Å². The topological polar surface area (TPSA) is 55.3 Å². The molecule has 1 aliphatic carbocycles. The Bertz CT molecular complexity index is 486. The van der Waals surface area contributed by atoms with Gasteiger partial charge in [0.25, 0.3) is 0 Å². The molecule has 2 heterocycles. The summed E-state index contributed by atoms with van der Waals surface area (Å²) in [6.45, 7) is 5.43. The number of nitrogens with zero attached hydrogens (tertiary/aromatic N) is 3. The quantitative estimate of drug-likeness (QED) is 0.845. The van der Waals surface area contributed by atoms with Gasteiger partial charge in [-0.1, -0.05) is 0 Å². The van der Waals surface area contributed by atoms with E-state index in [1.807, 2.05) is 24.8 Å². The van der Waals surface area contributed by atoms with E-state index in [2.05, 4.69) is 9.97 Å². The van der Waals surface area contributed by atoms with Crippen LogP contribution < -0.4 is 4.74 Å². The molecular formula is C15H21N3O2. The van der Waals surface area contributed by atoms with Crippen LogP contribution in [0.4, 0.5) is 0 Å². The number of hydrogen-bond donors (Lipinski definition) is 0. The average molecular weight is 275 g/mol. The summed E-state index contributed by atoms with van der Waals surface area (Å²) in [6.07, 6.45) is 4.09. The second kappa shape index (κ2) is 5.38. The number of ether oxygens (including phenoxy) is 1. The van der Waals surface area contributed by atoms with Gasteiger partial charge in [-0.05, 0) is 26.7 Å². The monoisotopic (exact) mass is 275 g/mol. The SMILES string of the molecule is Cc1cc(OC2CCN(C(=O)C3CC3)CC2)nc(C)n1. The van der Waals surface area contributed by atoms with Crippen molar-refractivity contribution in [3.8, 4) is 5.88 Å². The summed E-state index contributed by atoms with van der Waals surface area (Å²) in [5.74, 6) is 2.06. The van der Waals surface area contributed by atoms with Gasteiger partial charge in [0, 0.05) is 43.6 Å². The molecule has 1 aromatic rings. The third-order valence-corrected chi connectivity index (χ3v) is 3.91. The molecule has 0 bridgehead atoms. The number of likely N-dealkylation sites (tertiary alicyclic amines) is 1. The number of carbonyl (C=O) groups excluding carboxylic acids is 1. The van der Waals surface area contributed by atoms with Gasteiger partial charge in [-0.15, -0.1) is 0 Å². The molecule has 1 saturated carbocycles. The maximum absolute atomic E-state index is 12.0. The molecule has 1 saturated heterocycles. The molecule has 108 valence electrons. The Morgan fingerprint density at radius 3 is 2.50 bits per heavy atom. The van der Waals surface area contributed by atoms with E-state index in [9.17, 15) is 4.79 Å². The Balaban J connectivity index is 1.54. The highest BCUT2D eigenvalue weighted by Gasteiger charge is 2.35. The summed E-state index contributed by atoms with van der Waals surface area (Å²) >= 11 is 0. The fraction of sp³-hybridized carbons (Fsp3) is 0.667. The van der Waals surface area contributed by atoms with Gasteiger partial charge < -0.3 is 9.64 Å². The van der Waals surface area contributed by atoms with Gasteiger partial charge >= 0.3 is 0 Å². The average Bonchev–Trinajstić information content (AvgIpc) is 3.22. The van der Waals surface area contributed by atoms with Crippen LogP contribution >= 0.6 is 0 Å². The molecule has 1 aromatic heterocycles. The molecule has 5 nitrogen and oxygen atoms in total. The van der Waals surface area contributed by atoms with Gasteiger partial charge in [0.1, 0.15) is 11.9 Å². The first-order chi connectivity index (χ1) is 9.61. The summed E-state index contributed by atoms with van der Waals surface area (Å²) in [7, 11) is 0. The van der Waals surface area contributed by atoms with E-state index in [0.29, 0.717) is 17.7 Å². The first kappa shape index (κ1) is 13.3. The minimum atomic E-state index is 0.159. The first-order valence-corrected chi connectivity index (χ1v) is 7.39. The zero-order valence-electron chi connectivity index (χ0n) is 12.1. The van der Waals surface area contributed by atoms with Crippen molar-refractivity contribution in [2.75, 3.05) is 13.1 Å². The molecule has 0 atom stereocenters. The molecule has 2 aliphatic rings. The largest absolute Gasteiger partial charge is 0.474 e. The lowest BCUT2D eigenvalue weighted by molar-refractivity contribution is -0.134. The molecule has 0 spiro atoms. The number of amides is 1. The summed E-state index contributed by atoms with van der Waals surface area (Å²) in [6, 6.07) is 1.87. The standard InChI is InChI=1S/C15H21N3O2/c1-10-9-14(17-11(2)16-10)20-13-5-7-18(8-6-13)15(19)12-3-4-12/h9,12-13H,3-8H2,1-2H3. The highest BCUT2D eigenvalue weighted by Crippen LogP contribution is 2.32. The maximum atomic E-state index is 12.0. The summed E-state index contributed by atoms with van der Waals surface area (Å²) in [5, 5.41) is 0. The molecule has 20 heavy (non-hydrogen) atoms. The van der Waals surface area contributed by atoms with Crippen molar-refractivity contribution in [2.45, 2.75) is 45.6 Å². The Hall–Kier alpha value is -1.65.